The van der Waals surface area contributed by atoms with E-state index in [0.717, 1.165) is 0 Å². The minimum atomic E-state index is -4.11. The summed E-state index contributed by atoms with van der Waals surface area (Å²) in [6.07, 6.45) is 1.18. The first-order valence-electron chi connectivity index (χ1n) is 10.0. The standard InChI is InChI=1S/C24H20ClN3O4S/c1-15-11-12-18-23(30)21(33(31,32)17-7-4-3-5-8-17)13-28(24(18)26-15)14-22(29)27-20-10-6-9-19(25)16(20)2/h3-13H,14H2,1-2H3,(H,27,29). The van der Waals surface area contributed by atoms with Gasteiger partial charge in [-0.15, -0.1) is 0 Å². The Hall–Kier alpha value is -3.49. The SMILES string of the molecule is Cc1ccc2c(=O)c(S(=O)(=O)c3ccccc3)cn(CC(=O)Nc3cccc(Cl)c3C)c2n1. The lowest BCUT2D eigenvalue weighted by Gasteiger charge is -2.15. The van der Waals surface area contributed by atoms with Crippen molar-refractivity contribution in [1.82, 2.24) is 9.55 Å². The number of hydrogen-bond donors (Lipinski definition) is 1. The van der Waals surface area contributed by atoms with Crippen molar-refractivity contribution in [1.29, 1.82) is 0 Å². The number of aryl methyl sites for hydroxylation is 1. The molecule has 168 valence electrons. The highest BCUT2D eigenvalue weighted by Gasteiger charge is 2.24. The van der Waals surface area contributed by atoms with Crippen LogP contribution in [0.3, 0.4) is 0 Å². The Kier molecular flexibility index (Phi) is 6.05. The molecule has 0 fully saturated rings. The Balaban J connectivity index is 1.83. The fourth-order valence-electron chi connectivity index (χ4n) is 3.46. The number of nitrogens with zero attached hydrogens (tertiary/aromatic N) is 2. The van der Waals surface area contributed by atoms with Gasteiger partial charge in [0.1, 0.15) is 17.1 Å². The van der Waals surface area contributed by atoms with Gasteiger partial charge in [0.2, 0.25) is 21.2 Å². The number of rotatable bonds is 5. The van der Waals surface area contributed by atoms with E-state index in [1.807, 2.05) is 0 Å². The average Bonchev–Trinajstić information content (AvgIpc) is 2.79. The molecular weight excluding hydrogens is 462 g/mol. The van der Waals surface area contributed by atoms with Crippen molar-refractivity contribution in [2.24, 2.45) is 0 Å². The number of benzene rings is 2. The number of anilines is 1. The minimum Gasteiger partial charge on any atom is -0.324 e. The maximum atomic E-state index is 13.2. The van der Waals surface area contributed by atoms with Crippen LogP contribution in [0.4, 0.5) is 5.69 Å². The second-order valence-corrected chi connectivity index (χ2v) is 9.88. The molecule has 33 heavy (non-hydrogen) atoms. The molecule has 2 aromatic heterocycles. The summed E-state index contributed by atoms with van der Waals surface area (Å²) < 4.78 is 27.8. The highest BCUT2D eigenvalue weighted by atomic mass is 35.5. The first-order chi connectivity index (χ1) is 15.7. The van der Waals surface area contributed by atoms with Gasteiger partial charge in [-0.25, -0.2) is 13.4 Å². The van der Waals surface area contributed by atoms with E-state index in [2.05, 4.69) is 10.3 Å². The molecule has 0 spiro atoms. The molecule has 1 N–H and O–H groups in total. The summed E-state index contributed by atoms with van der Waals surface area (Å²) in [5, 5.41) is 3.41. The molecule has 0 aliphatic carbocycles. The van der Waals surface area contributed by atoms with Crippen LogP contribution in [-0.2, 0) is 21.2 Å². The van der Waals surface area contributed by atoms with E-state index in [1.54, 1.807) is 56.3 Å². The van der Waals surface area contributed by atoms with Crippen LogP contribution < -0.4 is 10.7 Å². The zero-order valence-electron chi connectivity index (χ0n) is 17.9. The molecule has 0 aliphatic rings. The Morgan fingerprint density at radius 2 is 1.76 bits per heavy atom. The van der Waals surface area contributed by atoms with E-state index in [-0.39, 0.29) is 22.5 Å². The lowest BCUT2D eigenvalue weighted by Crippen LogP contribution is -2.24. The molecular formula is C24H20ClN3O4S. The van der Waals surface area contributed by atoms with Crippen molar-refractivity contribution < 1.29 is 13.2 Å². The minimum absolute atomic E-state index is 0.00734. The van der Waals surface area contributed by atoms with Crippen LogP contribution in [0.15, 0.2) is 81.4 Å². The first kappa shape index (κ1) is 22.7. The molecule has 4 aromatic rings. The lowest BCUT2D eigenvalue weighted by molar-refractivity contribution is -0.116. The maximum Gasteiger partial charge on any atom is 0.244 e. The maximum absolute atomic E-state index is 13.2. The number of sulfone groups is 1. The molecule has 0 unspecified atom stereocenters. The molecule has 0 bridgehead atoms. The largest absolute Gasteiger partial charge is 0.324 e. The van der Waals surface area contributed by atoms with Crippen LogP contribution in [0, 0.1) is 13.8 Å². The number of aromatic nitrogens is 2. The molecule has 7 nitrogen and oxygen atoms in total. The zero-order chi connectivity index (χ0) is 23.8. The molecule has 0 saturated carbocycles. The highest BCUT2D eigenvalue weighted by Crippen LogP contribution is 2.24. The van der Waals surface area contributed by atoms with Crippen molar-refractivity contribution in [3.05, 3.63) is 93.4 Å². The summed E-state index contributed by atoms with van der Waals surface area (Å²) in [7, 11) is -4.11. The van der Waals surface area contributed by atoms with E-state index in [4.69, 9.17) is 11.6 Å². The second-order valence-electron chi connectivity index (χ2n) is 7.55. The summed E-state index contributed by atoms with van der Waals surface area (Å²) >= 11 is 6.13. The van der Waals surface area contributed by atoms with Gasteiger partial charge in [-0.05, 0) is 55.8 Å². The van der Waals surface area contributed by atoms with Crippen LogP contribution in [0.2, 0.25) is 5.02 Å². The first-order valence-corrected chi connectivity index (χ1v) is 11.9. The predicted molar refractivity (Wildman–Crippen MR) is 127 cm³/mol. The lowest BCUT2D eigenvalue weighted by atomic mass is 10.2. The third-order valence-electron chi connectivity index (χ3n) is 5.23. The van der Waals surface area contributed by atoms with E-state index in [1.165, 1.54) is 29.0 Å². The van der Waals surface area contributed by atoms with Crippen LogP contribution in [0.25, 0.3) is 11.0 Å². The average molecular weight is 482 g/mol. The zero-order valence-corrected chi connectivity index (χ0v) is 19.4. The number of halogens is 1. The van der Waals surface area contributed by atoms with Gasteiger partial charge in [-0.1, -0.05) is 35.9 Å². The predicted octanol–water partition coefficient (Wildman–Crippen LogP) is 4.14. The third kappa shape index (κ3) is 4.40. The monoisotopic (exact) mass is 481 g/mol. The van der Waals surface area contributed by atoms with Gasteiger partial charge in [0.05, 0.1) is 10.3 Å². The fourth-order valence-corrected chi connectivity index (χ4v) is 5.02. The molecule has 0 atom stereocenters. The normalized spacial score (nSPS) is 11.5. The van der Waals surface area contributed by atoms with E-state index >= 15 is 0 Å². The molecule has 1 amide bonds. The van der Waals surface area contributed by atoms with Crippen LogP contribution in [-0.4, -0.2) is 23.9 Å². The van der Waals surface area contributed by atoms with Crippen LogP contribution in [0.1, 0.15) is 11.3 Å². The smallest absolute Gasteiger partial charge is 0.244 e. The number of hydrogen-bond acceptors (Lipinski definition) is 5. The quantitative estimate of drug-likeness (QED) is 0.462. The third-order valence-corrected chi connectivity index (χ3v) is 7.40. The van der Waals surface area contributed by atoms with Crippen LogP contribution >= 0.6 is 11.6 Å². The number of fused-ring (bicyclic) bond motifs is 1. The molecule has 4 rings (SSSR count). The van der Waals surface area contributed by atoms with Gasteiger partial charge in [0.15, 0.2) is 0 Å². The summed E-state index contributed by atoms with van der Waals surface area (Å²) in [6.45, 7) is 3.27. The van der Waals surface area contributed by atoms with Gasteiger partial charge < -0.3 is 9.88 Å². The number of nitrogens with one attached hydrogen (secondary N) is 1. The number of carbonyl (C=O) groups excluding carboxylic acids is 1. The van der Waals surface area contributed by atoms with Gasteiger partial charge >= 0.3 is 0 Å². The molecule has 2 heterocycles. The second kappa shape index (κ2) is 8.80. The fraction of sp³-hybridized carbons (Fsp3) is 0.125. The Morgan fingerprint density at radius 1 is 1.03 bits per heavy atom. The summed E-state index contributed by atoms with van der Waals surface area (Å²) in [5.41, 5.74) is 1.44. The van der Waals surface area contributed by atoms with Crippen molar-refractivity contribution in [3.63, 3.8) is 0 Å². The van der Waals surface area contributed by atoms with E-state index < -0.39 is 26.1 Å². The molecule has 0 aliphatic heterocycles. The van der Waals surface area contributed by atoms with Crippen molar-refractivity contribution in [2.45, 2.75) is 30.2 Å². The molecule has 0 radical (unpaired) electrons. The van der Waals surface area contributed by atoms with Crippen molar-refractivity contribution in [3.8, 4) is 0 Å². The Labute approximate surface area is 195 Å². The van der Waals surface area contributed by atoms with Gasteiger partial charge in [0.25, 0.3) is 0 Å². The Bertz CT molecular complexity index is 1550. The van der Waals surface area contributed by atoms with Crippen LogP contribution in [0.5, 0.6) is 0 Å². The number of carbonyl (C=O) groups is 1. The summed E-state index contributed by atoms with van der Waals surface area (Å²) in [6, 6.07) is 16.0. The Morgan fingerprint density at radius 3 is 2.48 bits per heavy atom. The number of amides is 1. The van der Waals surface area contributed by atoms with Gasteiger partial charge in [0, 0.05) is 22.6 Å². The van der Waals surface area contributed by atoms with E-state index in [9.17, 15) is 18.0 Å². The number of pyridine rings is 2. The summed E-state index contributed by atoms with van der Waals surface area (Å²) in [4.78, 5) is 29.9. The highest BCUT2D eigenvalue weighted by molar-refractivity contribution is 7.91. The van der Waals surface area contributed by atoms with Crippen molar-refractivity contribution in [2.75, 3.05) is 5.32 Å². The molecule has 9 heteroatoms. The summed E-state index contributed by atoms with van der Waals surface area (Å²) in [5.74, 6) is -0.420. The van der Waals surface area contributed by atoms with E-state index in [0.29, 0.717) is 22.0 Å². The van der Waals surface area contributed by atoms with Crippen molar-refractivity contribution >= 4 is 44.1 Å². The molecule has 2 aromatic carbocycles. The van der Waals surface area contributed by atoms with Gasteiger partial charge in [-0.2, -0.15) is 0 Å². The topological polar surface area (TPSA) is 98.1 Å². The molecule has 0 saturated heterocycles. The van der Waals surface area contributed by atoms with Gasteiger partial charge in [-0.3, -0.25) is 9.59 Å².